The molecular formula is C18H21FN2O2. The van der Waals surface area contributed by atoms with E-state index in [9.17, 15) is 9.18 Å². The van der Waals surface area contributed by atoms with Crippen LogP contribution in [0, 0.1) is 5.82 Å². The molecule has 0 saturated carbocycles. The molecule has 2 rings (SSSR count). The summed E-state index contributed by atoms with van der Waals surface area (Å²) in [5.41, 5.74) is 6.49. The van der Waals surface area contributed by atoms with Crippen LogP contribution in [0.1, 0.15) is 25.0 Å². The summed E-state index contributed by atoms with van der Waals surface area (Å²) in [7, 11) is 0. The van der Waals surface area contributed by atoms with Gasteiger partial charge in [0.05, 0.1) is 5.54 Å². The molecule has 0 aliphatic rings. The van der Waals surface area contributed by atoms with Crippen molar-refractivity contribution in [2.45, 2.75) is 32.5 Å². The Labute approximate surface area is 135 Å². The number of amides is 1. The number of carbonyl (C=O) groups is 1. The van der Waals surface area contributed by atoms with Gasteiger partial charge < -0.3 is 10.5 Å². The van der Waals surface area contributed by atoms with Crippen LogP contribution in [0.5, 0.6) is 5.75 Å². The number of hydrogen-bond acceptors (Lipinski definition) is 3. The van der Waals surface area contributed by atoms with E-state index < -0.39 is 11.4 Å². The third kappa shape index (κ3) is 5.07. The minimum Gasteiger partial charge on any atom is -0.489 e. The van der Waals surface area contributed by atoms with E-state index in [2.05, 4.69) is 5.32 Å². The van der Waals surface area contributed by atoms with E-state index >= 15 is 0 Å². The van der Waals surface area contributed by atoms with Gasteiger partial charge in [0.25, 0.3) is 0 Å². The van der Waals surface area contributed by atoms with Gasteiger partial charge in [-0.05, 0) is 49.2 Å². The number of halogens is 1. The Bertz CT molecular complexity index is 652. The van der Waals surface area contributed by atoms with Gasteiger partial charge in [-0.1, -0.05) is 24.3 Å². The maximum absolute atomic E-state index is 12.8. The molecule has 122 valence electrons. The van der Waals surface area contributed by atoms with E-state index in [0.717, 1.165) is 16.9 Å². The molecular weight excluding hydrogens is 295 g/mol. The van der Waals surface area contributed by atoms with Crippen LogP contribution >= 0.6 is 0 Å². The Morgan fingerprint density at radius 3 is 2.22 bits per heavy atom. The first-order valence-electron chi connectivity index (χ1n) is 7.38. The van der Waals surface area contributed by atoms with Gasteiger partial charge in [-0.3, -0.25) is 10.1 Å². The van der Waals surface area contributed by atoms with Gasteiger partial charge in [0.15, 0.2) is 0 Å². The average molecular weight is 316 g/mol. The van der Waals surface area contributed by atoms with Gasteiger partial charge in [0.2, 0.25) is 5.91 Å². The molecule has 4 nitrogen and oxygen atoms in total. The lowest BCUT2D eigenvalue weighted by molar-refractivity contribution is -0.123. The minimum absolute atomic E-state index is 0.260. The second-order valence-corrected chi connectivity index (χ2v) is 5.90. The maximum atomic E-state index is 12.8. The zero-order valence-electron chi connectivity index (χ0n) is 13.3. The third-order valence-electron chi connectivity index (χ3n) is 3.59. The topological polar surface area (TPSA) is 64.3 Å². The molecule has 0 aliphatic heterocycles. The Balaban J connectivity index is 1.87. The van der Waals surface area contributed by atoms with Crippen LogP contribution in [-0.2, 0) is 17.9 Å². The maximum Gasteiger partial charge on any atom is 0.237 e. The lowest BCUT2D eigenvalue weighted by atomic mass is 10.0. The molecule has 0 aromatic heterocycles. The van der Waals surface area contributed by atoms with Gasteiger partial charge in [0, 0.05) is 6.54 Å². The van der Waals surface area contributed by atoms with Gasteiger partial charge in [0.1, 0.15) is 18.2 Å². The molecule has 5 heteroatoms. The van der Waals surface area contributed by atoms with E-state index in [-0.39, 0.29) is 5.82 Å². The predicted octanol–water partition coefficient (Wildman–Crippen LogP) is 2.76. The van der Waals surface area contributed by atoms with Crippen molar-refractivity contribution < 1.29 is 13.9 Å². The van der Waals surface area contributed by atoms with Crippen molar-refractivity contribution in [3.63, 3.8) is 0 Å². The van der Waals surface area contributed by atoms with Gasteiger partial charge >= 0.3 is 0 Å². The summed E-state index contributed by atoms with van der Waals surface area (Å²) < 4.78 is 18.5. The highest BCUT2D eigenvalue weighted by Gasteiger charge is 2.23. The van der Waals surface area contributed by atoms with E-state index in [1.165, 1.54) is 12.1 Å². The number of ether oxygens (including phenoxy) is 1. The number of carbonyl (C=O) groups excluding carboxylic acids is 1. The van der Waals surface area contributed by atoms with Crippen LogP contribution in [-0.4, -0.2) is 11.4 Å². The zero-order chi connectivity index (χ0) is 16.9. The molecule has 2 aromatic rings. The fraction of sp³-hybridized carbons (Fsp3) is 0.278. The van der Waals surface area contributed by atoms with E-state index in [1.807, 2.05) is 24.3 Å². The number of benzene rings is 2. The summed E-state index contributed by atoms with van der Waals surface area (Å²) >= 11 is 0. The second kappa shape index (κ2) is 7.24. The van der Waals surface area contributed by atoms with Crippen LogP contribution in [0.4, 0.5) is 4.39 Å². The highest BCUT2D eigenvalue weighted by molar-refractivity contribution is 5.83. The lowest BCUT2D eigenvalue weighted by Crippen LogP contribution is -2.50. The summed E-state index contributed by atoms with van der Waals surface area (Å²) in [6, 6.07) is 13.8. The summed E-state index contributed by atoms with van der Waals surface area (Å²) in [5.74, 6) is 0.0773. The molecule has 1 amide bonds. The molecule has 0 aliphatic carbocycles. The number of nitrogens with one attached hydrogen (secondary N) is 1. The average Bonchev–Trinajstić information content (AvgIpc) is 2.53. The first-order chi connectivity index (χ1) is 10.9. The summed E-state index contributed by atoms with van der Waals surface area (Å²) in [4.78, 5) is 11.3. The molecule has 0 spiro atoms. The monoisotopic (exact) mass is 316 g/mol. The highest BCUT2D eigenvalue weighted by atomic mass is 19.1. The molecule has 0 radical (unpaired) electrons. The standard InChI is InChI=1S/C18H21FN2O2/c1-18(2,17(20)22)21-11-13-5-9-16(10-6-13)23-12-14-3-7-15(19)8-4-14/h3-10,21H,11-12H2,1-2H3,(H2,20,22). The fourth-order valence-electron chi connectivity index (χ4n) is 1.86. The highest BCUT2D eigenvalue weighted by Crippen LogP contribution is 2.15. The van der Waals surface area contributed by atoms with Crippen molar-refractivity contribution in [1.29, 1.82) is 0 Å². The number of primary amides is 1. The summed E-state index contributed by atoms with van der Waals surface area (Å²) in [6.45, 7) is 4.41. The van der Waals surface area contributed by atoms with Crippen molar-refractivity contribution in [3.05, 3.63) is 65.5 Å². The van der Waals surface area contributed by atoms with Crippen molar-refractivity contribution in [2.75, 3.05) is 0 Å². The molecule has 0 saturated heterocycles. The van der Waals surface area contributed by atoms with Crippen LogP contribution in [0.15, 0.2) is 48.5 Å². The summed E-state index contributed by atoms with van der Waals surface area (Å²) in [6.07, 6.45) is 0. The molecule has 0 fully saturated rings. The quantitative estimate of drug-likeness (QED) is 0.825. The van der Waals surface area contributed by atoms with Crippen LogP contribution in [0.2, 0.25) is 0 Å². The van der Waals surface area contributed by atoms with Crippen LogP contribution in [0.3, 0.4) is 0 Å². The van der Waals surface area contributed by atoms with E-state index in [4.69, 9.17) is 10.5 Å². The Kier molecular flexibility index (Phi) is 5.34. The van der Waals surface area contributed by atoms with Gasteiger partial charge in [-0.25, -0.2) is 4.39 Å². The van der Waals surface area contributed by atoms with E-state index in [1.54, 1.807) is 26.0 Å². The summed E-state index contributed by atoms with van der Waals surface area (Å²) in [5, 5.41) is 3.11. The fourth-order valence-corrected chi connectivity index (χ4v) is 1.86. The molecule has 0 bridgehead atoms. The van der Waals surface area contributed by atoms with Crippen LogP contribution in [0.25, 0.3) is 0 Å². The molecule has 0 atom stereocenters. The third-order valence-corrected chi connectivity index (χ3v) is 3.59. The largest absolute Gasteiger partial charge is 0.489 e. The molecule has 0 heterocycles. The minimum atomic E-state index is -0.752. The molecule has 2 aromatic carbocycles. The lowest BCUT2D eigenvalue weighted by Gasteiger charge is -2.22. The smallest absolute Gasteiger partial charge is 0.237 e. The van der Waals surface area contributed by atoms with E-state index in [0.29, 0.717) is 13.2 Å². The number of hydrogen-bond donors (Lipinski definition) is 2. The first-order valence-corrected chi connectivity index (χ1v) is 7.38. The van der Waals surface area contributed by atoms with Gasteiger partial charge in [-0.15, -0.1) is 0 Å². The van der Waals surface area contributed by atoms with Crippen molar-refractivity contribution >= 4 is 5.91 Å². The molecule has 3 N–H and O–H groups in total. The number of rotatable bonds is 7. The first kappa shape index (κ1) is 17.0. The van der Waals surface area contributed by atoms with Crippen molar-refractivity contribution in [1.82, 2.24) is 5.32 Å². The Morgan fingerprint density at radius 2 is 1.65 bits per heavy atom. The zero-order valence-corrected chi connectivity index (χ0v) is 13.3. The van der Waals surface area contributed by atoms with Crippen LogP contribution < -0.4 is 15.8 Å². The Morgan fingerprint density at radius 1 is 1.09 bits per heavy atom. The predicted molar refractivity (Wildman–Crippen MR) is 87.3 cm³/mol. The second-order valence-electron chi connectivity index (χ2n) is 5.90. The van der Waals surface area contributed by atoms with Crippen molar-refractivity contribution in [3.8, 4) is 5.75 Å². The molecule has 0 unspecified atom stereocenters. The van der Waals surface area contributed by atoms with Gasteiger partial charge in [-0.2, -0.15) is 0 Å². The van der Waals surface area contributed by atoms with Crippen molar-refractivity contribution in [2.24, 2.45) is 5.73 Å². The normalized spacial score (nSPS) is 11.3. The SMILES string of the molecule is CC(C)(NCc1ccc(OCc2ccc(F)cc2)cc1)C(N)=O. The Hall–Kier alpha value is -2.40. The molecule has 23 heavy (non-hydrogen) atoms. The number of nitrogens with two attached hydrogens (primary N) is 1.